The van der Waals surface area contributed by atoms with E-state index in [9.17, 15) is 4.79 Å². The van der Waals surface area contributed by atoms with E-state index in [1.165, 1.54) is 12.8 Å². The molecule has 1 atom stereocenters. The Kier molecular flexibility index (Phi) is 7.15. The Morgan fingerprint density at radius 2 is 2.09 bits per heavy atom. The maximum absolute atomic E-state index is 12.1. The Balaban J connectivity index is 0.00000192. The molecular weight excluding hydrogens is 316 g/mol. The minimum Gasteiger partial charge on any atom is -0.490 e. The molecule has 2 aliphatic rings. The number of morpholine rings is 1. The lowest BCUT2D eigenvalue weighted by molar-refractivity contribution is -0.126. The minimum atomic E-state index is -0.253. The quantitative estimate of drug-likeness (QED) is 0.861. The second-order valence-corrected chi connectivity index (χ2v) is 5.93. The highest BCUT2D eigenvalue weighted by molar-refractivity contribution is 5.85. The predicted molar refractivity (Wildman–Crippen MR) is 91.0 cm³/mol. The summed E-state index contributed by atoms with van der Waals surface area (Å²) in [6, 6.07) is 7.70. The Hall–Kier alpha value is -1.30. The molecule has 5 nitrogen and oxygen atoms in total. The Labute approximate surface area is 143 Å². The normalized spacial score (nSPS) is 21.5. The SMILES string of the molecule is Cl.O=C(NCc1ccccc1OC1CCCC1)C1COCCN1. The highest BCUT2D eigenvalue weighted by Crippen LogP contribution is 2.26. The minimum absolute atomic E-state index is 0. The molecule has 1 aromatic carbocycles. The fraction of sp³-hybridized carbons (Fsp3) is 0.588. The number of benzene rings is 1. The van der Waals surface area contributed by atoms with Crippen molar-refractivity contribution in [1.29, 1.82) is 0 Å². The van der Waals surface area contributed by atoms with Gasteiger partial charge in [-0.2, -0.15) is 0 Å². The smallest absolute Gasteiger partial charge is 0.239 e. The molecule has 1 aromatic rings. The van der Waals surface area contributed by atoms with E-state index in [1.807, 2.05) is 24.3 Å². The van der Waals surface area contributed by atoms with Crippen molar-refractivity contribution >= 4 is 18.3 Å². The molecule has 0 spiro atoms. The molecule has 2 fully saturated rings. The molecular formula is C17H25ClN2O3. The first-order valence-electron chi connectivity index (χ1n) is 8.16. The Morgan fingerprint density at radius 3 is 2.83 bits per heavy atom. The van der Waals surface area contributed by atoms with Crippen molar-refractivity contribution in [1.82, 2.24) is 10.6 Å². The van der Waals surface area contributed by atoms with Crippen molar-refractivity contribution in [3.05, 3.63) is 29.8 Å². The van der Waals surface area contributed by atoms with Gasteiger partial charge < -0.3 is 20.1 Å². The predicted octanol–water partition coefficient (Wildman–Crippen LogP) is 2.03. The van der Waals surface area contributed by atoms with Gasteiger partial charge in [-0.15, -0.1) is 12.4 Å². The maximum Gasteiger partial charge on any atom is 0.239 e. The fourth-order valence-electron chi connectivity index (χ4n) is 2.99. The molecule has 1 saturated heterocycles. The molecule has 1 aliphatic heterocycles. The van der Waals surface area contributed by atoms with Crippen LogP contribution >= 0.6 is 12.4 Å². The lowest BCUT2D eigenvalue weighted by atomic mass is 10.2. The Bertz CT molecular complexity index is 500. The number of rotatable bonds is 5. The van der Waals surface area contributed by atoms with Gasteiger partial charge in [0.1, 0.15) is 11.8 Å². The van der Waals surface area contributed by atoms with Gasteiger partial charge in [-0.25, -0.2) is 0 Å². The van der Waals surface area contributed by atoms with Crippen LogP contribution in [0, 0.1) is 0 Å². The van der Waals surface area contributed by atoms with Crippen LogP contribution in [-0.4, -0.2) is 37.8 Å². The number of hydrogen-bond donors (Lipinski definition) is 2. The number of nitrogens with one attached hydrogen (secondary N) is 2. The van der Waals surface area contributed by atoms with Gasteiger partial charge in [0.05, 0.1) is 19.3 Å². The van der Waals surface area contributed by atoms with Crippen molar-refractivity contribution < 1.29 is 14.3 Å². The van der Waals surface area contributed by atoms with Crippen LogP contribution in [0.2, 0.25) is 0 Å². The van der Waals surface area contributed by atoms with E-state index in [1.54, 1.807) is 0 Å². The van der Waals surface area contributed by atoms with Crippen molar-refractivity contribution in [2.75, 3.05) is 19.8 Å². The molecule has 0 aromatic heterocycles. The van der Waals surface area contributed by atoms with E-state index >= 15 is 0 Å². The molecule has 1 amide bonds. The van der Waals surface area contributed by atoms with Crippen LogP contribution in [0.5, 0.6) is 5.75 Å². The van der Waals surface area contributed by atoms with Gasteiger partial charge >= 0.3 is 0 Å². The molecule has 0 bridgehead atoms. The standard InChI is InChI=1S/C17H24N2O3.ClH/c20-17(15-12-21-10-9-18-15)19-11-13-5-1-4-8-16(13)22-14-6-2-3-7-14;/h1,4-5,8,14-15,18H,2-3,6-7,9-12H2,(H,19,20);1H. The topological polar surface area (TPSA) is 59.6 Å². The largest absolute Gasteiger partial charge is 0.490 e. The molecule has 128 valence electrons. The van der Waals surface area contributed by atoms with Crippen LogP contribution in [0.25, 0.3) is 0 Å². The van der Waals surface area contributed by atoms with E-state index in [4.69, 9.17) is 9.47 Å². The molecule has 23 heavy (non-hydrogen) atoms. The summed E-state index contributed by atoms with van der Waals surface area (Å²) in [5, 5.41) is 6.13. The number of para-hydroxylation sites is 1. The summed E-state index contributed by atoms with van der Waals surface area (Å²) in [5.41, 5.74) is 1.03. The van der Waals surface area contributed by atoms with E-state index < -0.39 is 0 Å². The number of carbonyl (C=O) groups excluding carboxylic acids is 1. The van der Waals surface area contributed by atoms with E-state index in [2.05, 4.69) is 10.6 Å². The molecule has 6 heteroatoms. The molecule has 1 saturated carbocycles. The second kappa shape index (κ2) is 9.11. The van der Waals surface area contributed by atoms with Crippen LogP contribution in [0.4, 0.5) is 0 Å². The first-order valence-corrected chi connectivity index (χ1v) is 8.16. The van der Waals surface area contributed by atoms with Crippen LogP contribution in [0.15, 0.2) is 24.3 Å². The van der Waals surface area contributed by atoms with Crippen LogP contribution in [0.1, 0.15) is 31.2 Å². The van der Waals surface area contributed by atoms with Gasteiger partial charge in [-0.3, -0.25) is 4.79 Å². The van der Waals surface area contributed by atoms with Gasteiger partial charge in [-0.05, 0) is 31.7 Å². The number of ether oxygens (including phenoxy) is 2. The monoisotopic (exact) mass is 340 g/mol. The van der Waals surface area contributed by atoms with Crippen molar-refractivity contribution in [3.63, 3.8) is 0 Å². The second-order valence-electron chi connectivity index (χ2n) is 5.93. The van der Waals surface area contributed by atoms with Crippen molar-refractivity contribution in [3.8, 4) is 5.75 Å². The van der Waals surface area contributed by atoms with Crippen LogP contribution < -0.4 is 15.4 Å². The highest BCUT2D eigenvalue weighted by Gasteiger charge is 2.21. The van der Waals surface area contributed by atoms with E-state index in [0.717, 1.165) is 30.7 Å². The van der Waals surface area contributed by atoms with Gasteiger partial charge in [-0.1, -0.05) is 18.2 Å². The summed E-state index contributed by atoms with van der Waals surface area (Å²) in [4.78, 5) is 12.1. The summed E-state index contributed by atoms with van der Waals surface area (Å²) >= 11 is 0. The number of halogens is 1. The molecule has 0 radical (unpaired) electrons. The summed E-state index contributed by atoms with van der Waals surface area (Å²) in [6.07, 6.45) is 5.08. The zero-order chi connectivity index (χ0) is 15.2. The maximum atomic E-state index is 12.1. The lowest BCUT2D eigenvalue weighted by Gasteiger charge is -2.23. The molecule has 1 heterocycles. The highest BCUT2D eigenvalue weighted by atomic mass is 35.5. The van der Waals surface area contributed by atoms with Gasteiger partial charge in [0, 0.05) is 18.7 Å². The molecule has 3 rings (SSSR count). The average molecular weight is 341 g/mol. The van der Waals surface area contributed by atoms with Crippen molar-refractivity contribution in [2.45, 2.75) is 44.4 Å². The third kappa shape index (κ3) is 5.09. The lowest BCUT2D eigenvalue weighted by Crippen LogP contribution is -2.51. The summed E-state index contributed by atoms with van der Waals surface area (Å²) in [5.74, 6) is 0.873. The van der Waals surface area contributed by atoms with Crippen LogP contribution in [0.3, 0.4) is 0 Å². The third-order valence-electron chi connectivity index (χ3n) is 4.26. The van der Waals surface area contributed by atoms with Crippen LogP contribution in [-0.2, 0) is 16.1 Å². The summed E-state index contributed by atoms with van der Waals surface area (Å²) in [6.45, 7) is 2.31. The zero-order valence-electron chi connectivity index (χ0n) is 13.3. The number of amides is 1. The molecule has 1 aliphatic carbocycles. The first-order chi connectivity index (χ1) is 10.8. The van der Waals surface area contributed by atoms with Gasteiger partial charge in [0.2, 0.25) is 5.91 Å². The number of carbonyl (C=O) groups is 1. The third-order valence-corrected chi connectivity index (χ3v) is 4.26. The average Bonchev–Trinajstić information content (AvgIpc) is 3.07. The number of hydrogen-bond acceptors (Lipinski definition) is 4. The van der Waals surface area contributed by atoms with E-state index in [-0.39, 0.29) is 24.4 Å². The van der Waals surface area contributed by atoms with Crippen molar-refractivity contribution in [2.24, 2.45) is 0 Å². The fourth-order valence-corrected chi connectivity index (χ4v) is 2.99. The summed E-state index contributed by atoms with van der Waals surface area (Å²) < 4.78 is 11.4. The first kappa shape index (κ1) is 18.0. The molecule has 2 N–H and O–H groups in total. The molecule has 1 unspecified atom stereocenters. The van der Waals surface area contributed by atoms with Gasteiger partial charge in [0.15, 0.2) is 0 Å². The van der Waals surface area contributed by atoms with Gasteiger partial charge in [0.25, 0.3) is 0 Å². The Morgan fingerprint density at radius 1 is 1.30 bits per heavy atom. The summed E-state index contributed by atoms with van der Waals surface area (Å²) in [7, 11) is 0. The zero-order valence-corrected chi connectivity index (χ0v) is 14.1. The van der Waals surface area contributed by atoms with E-state index in [0.29, 0.717) is 25.9 Å².